The van der Waals surface area contributed by atoms with Gasteiger partial charge in [0.25, 0.3) is 5.56 Å². The number of carbonyl (C=O) groups excluding carboxylic acids is 1. The van der Waals surface area contributed by atoms with Crippen LogP contribution in [0.1, 0.15) is 5.76 Å². The molecule has 0 atom stereocenters. The van der Waals surface area contributed by atoms with Crippen LogP contribution in [0.4, 0.5) is 0 Å². The molecule has 0 saturated heterocycles. The highest BCUT2D eigenvalue weighted by atomic mass is 16.3. The first kappa shape index (κ1) is 15.7. The number of amides is 1. The van der Waals surface area contributed by atoms with Crippen molar-refractivity contribution in [3.63, 3.8) is 0 Å². The summed E-state index contributed by atoms with van der Waals surface area (Å²) >= 11 is 0. The van der Waals surface area contributed by atoms with Crippen LogP contribution < -0.4 is 10.9 Å². The third-order valence-electron chi connectivity index (χ3n) is 3.50. The Balaban J connectivity index is 1.63. The molecular formula is C18H17N3O3. The minimum absolute atomic E-state index is 0.113. The Kier molecular flexibility index (Phi) is 4.86. The van der Waals surface area contributed by atoms with Crippen LogP contribution in [0.2, 0.25) is 0 Å². The Labute approximate surface area is 138 Å². The first-order valence-electron chi connectivity index (χ1n) is 7.65. The normalized spacial score (nSPS) is 10.5. The molecule has 0 bridgehead atoms. The molecule has 0 fully saturated rings. The maximum absolute atomic E-state index is 12.0. The minimum Gasteiger partial charge on any atom is -0.469 e. The van der Waals surface area contributed by atoms with E-state index in [4.69, 9.17) is 4.42 Å². The standard InChI is InChI=1S/C18H17N3O3/c22-17(19-11-10-15-7-4-12-24-15)13-21-18(23)9-8-16(20-21)14-5-2-1-3-6-14/h1-9,12H,10-11,13H2,(H,19,22). The smallest absolute Gasteiger partial charge is 0.267 e. The minimum atomic E-state index is -0.309. The van der Waals surface area contributed by atoms with Gasteiger partial charge in [0.1, 0.15) is 12.3 Å². The molecule has 0 unspecified atom stereocenters. The summed E-state index contributed by atoms with van der Waals surface area (Å²) in [7, 11) is 0. The van der Waals surface area contributed by atoms with Crippen LogP contribution in [0.5, 0.6) is 0 Å². The van der Waals surface area contributed by atoms with E-state index in [9.17, 15) is 9.59 Å². The van der Waals surface area contributed by atoms with Crippen molar-refractivity contribution in [1.29, 1.82) is 0 Å². The Morgan fingerprint density at radius 1 is 1.08 bits per heavy atom. The molecule has 3 rings (SSSR count). The number of furan rings is 1. The maximum Gasteiger partial charge on any atom is 0.267 e. The third kappa shape index (κ3) is 3.98. The number of aromatic nitrogens is 2. The predicted molar refractivity (Wildman–Crippen MR) is 89.4 cm³/mol. The number of nitrogens with one attached hydrogen (secondary N) is 1. The number of rotatable bonds is 6. The number of hydrogen-bond acceptors (Lipinski definition) is 4. The van der Waals surface area contributed by atoms with Crippen molar-refractivity contribution in [2.24, 2.45) is 0 Å². The van der Waals surface area contributed by atoms with Crippen molar-refractivity contribution < 1.29 is 9.21 Å². The Hall–Kier alpha value is -3.15. The molecule has 1 amide bonds. The second-order valence-electron chi connectivity index (χ2n) is 5.26. The summed E-state index contributed by atoms with van der Waals surface area (Å²) in [6.07, 6.45) is 2.20. The highest BCUT2D eigenvalue weighted by molar-refractivity contribution is 5.75. The molecule has 6 heteroatoms. The molecule has 1 aromatic carbocycles. The van der Waals surface area contributed by atoms with Crippen molar-refractivity contribution in [1.82, 2.24) is 15.1 Å². The number of benzene rings is 1. The lowest BCUT2D eigenvalue weighted by Crippen LogP contribution is -2.34. The Morgan fingerprint density at radius 3 is 2.67 bits per heavy atom. The van der Waals surface area contributed by atoms with Crippen molar-refractivity contribution in [2.45, 2.75) is 13.0 Å². The molecule has 2 aromatic heterocycles. The SMILES string of the molecule is O=C(Cn1nc(-c2ccccc2)ccc1=O)NCCc1ccco1. The molecule has 1 N–H and O–H groups in total. The van der Waals surface area contributed by atoms with Gasteiger partial charge in [-0.1, -0.05) is 30.3 Å². The molecule has 0 aliphatic heterocycles. The average molecular weight is 323 g/mol. The molecule has 0 saturated carbocycles. The summed E-state index contributed by atoms with van der Waals surface area (Å²) in [5, 5.41) is 7.02. The molecule has 122 valence electrons. The first-order chi connectivity index (χ1) is 11.7. The van der Waals surface area contributed by atoms with Crippen LogP contribution in [-0.2, 0) is 17.8 Å². The Morgan fingerprint density at radius 2 is 1.92 bits per heavy atom. The molecule has 3 aromatic rings. The van der Waals surface area contributed by atoms with Gasteiger partial charge in [0.2, 0.25) is 5.91 Å². The van der Waals surface area contributed by atoms with Crippen LogP contribution in [0.3, 0.4) is 0 Å². The summed E-state index contributed by atoms with van der Waals surface area (Å²) < 4.78 is 6.37. The van der Waals surface area contributed by atoms with E-state index in [1.165, 1.54) is 10.7 Å². The van der Waals surface area contributed by atoms with E-state index in [2.05, 4.69) is 10.4 Å². The highest BCUT2D eigenvalue weighted by Gasteiger charge is 2.08. The lowest BCUT2D eigenvalue weighted by atomic mass is 10.1. The van der Waals surface area contributed by atoms with E-state index in [1.807, 2.05) is 36.4 Å². The number of nitrogens with zero attached hydrogens (tertiary/aromatic N) is 2. The van der Waals surface area contributed by atoms with Gasteiger partial charge in [-0.25, -0.2) is 4.68 Å². The van der Waals surface area contributed by atoms with Gasteiger partial charge < -0.3 is 9.73 Å². The summed E-state index contributed by atoms with van der Waals surface area (Å²) in [5.41, 5.74) is 1.24. The van der Waals surface area contributed by atoms with Crippen molar-refractivity contribution in [3.05, 3.63) is 77.0 Å². The maximum atomic E-state index is 12.0. The lowest BCUT2D eigenvalue weighted by molar-refractivity contribution is -0.121. The van der Waals surface area contributed by atoms with Gasteiger partial charge in [-0.2, -0.15) is 5.10 Å². The fourth-order valence-electron chi connectivity index (χ4n) is 2.30. The zero-order valence-electron chi connectivity index (χ0n) is 13.0. The van der Waals surface area contributed by atoms with Crippen LogP contribution in [-0.4, -0.2) is 22.2 Å². The number of carbonyl (C=O) groups is 1. The van der Waals surface area contributed by atoms with E-state index in [0.717, 1.165) is 11.3 Å². The van der Waals surface area contributed by atoms with Crippen LogP contribution >= 0.6 is 0 Å². The van der Waals surface area contributed by atoms with E-state index in [-0.39, 0.29) is 18.0 Å². The highest BCUT2D eigenvalue weighted by Crippen LogP contribution is 2.13. The quantitative estimate of drug-likeness (QED) is 0.751. The first-order valence-corrected chi connectivity index (χ1v) is 7.65. The Bertz CT molecular complexity index is 855. The largest absolute Gasteiger partial charge is 0.469 e. The van der Waals surface area contributed by atoms with Gasteiger partial charge in [0.05, 0.1) is 12.0 Å². The second kappa shape index (κ2) is 7.41. The molecule has 0 aliphatic carbocycles. The zero-order valence-corrected chi connectivity index (χ0v) is 13.0. The van der Waals surface area contributed by atoms with Gasteiger partial charge in [-0.15, -0.1) is 0 Å². The zero-order chi connectivity index (χ0) is 16.8. The van der Waals surface area contributed by atoms with Crippen LogP contribution in [0.15, 0.2) is 70.1 Å². The summed E-state index contributed by atoms with van der Waals surface area (Å²) in [5.74, 6) is 0.540. The second-order valence-corrected chi connectivity index (χ2v) is 5.26. The van der Waals surface area contributed by atoms with Crippen molar-refractivity contribution in [3.8, 4) is 11.3 Å². The lowest BCUT2D eigenvalue weighted by Gasteiger charge is -2.08. The van der Waals surface area contributed by atoms with Gasteiger partial charge in [0, 0.05) is 24.6 Å². The molecule has 6 nitrogen and oxygen atoms in total. The molecule has 0 spiro atoms. The summed E-state index contributed by atoms with van der Waals surface area (Å²) in [6.45, 7) is 0.330. The fraction of sp³-hybridized carbons (Fsp3) is 0.167. The molecular weight excluding hydrogens is 306 g/mol. The fourth-order valence-corrected chi connectivity index (χ4v) is 2.30. The van der Waals surface area contributed by atoms with Gasteiger partial charge in [-0.3, -0.25) is 9.59 Å². The predicted octanol–water partition coefficient (Wildman–Crippen LogP) is 1.86. The monoisotopic (exact) mass is 323 g/mol. The van der Waals surface area contributed by atoms with E-state index >= 15 is 0 Å². The van der Waals surface area contributed by atoms with Gasteiger partial charge in [0.15, 0.2) is 0 Å². The average Bonchev–Trinajstić information content (AvgIpc) is 3.11. The van der Waals surface area contributed by atoms with Gasteiger partial charge >= 0.3 is 0 Å². The van der Waals surface area contributed by atoms with E-state index < -0.39 is 0 Å². The topological polar surface area (TPSA) is 77.1 Å². The molecule has 0 aliphatic rings. The van der Waals surface area contributed by atoms with Gasteiger partial charge in [-0.05, 0) is 18.2 Å². The van der Waals surface area contributed by atoms with Crippen molar-refractivity contribution >= 4 is 5.91 Å². The van der Waals surface area contributed by atoms with Crippen LogP contribution in [0, 0.1) is 0 Å². The summed E-state index contributed by atoms with van der Waals surface area (Å²) in [4.78, 5) is 23.9. The number of hydrogen-bond donors (Lipinski definition) is 1. The van der Waals surface area contributed by atoms with E-state index in [1.54, 1.807) is 18.4 Å². The van der Waals surface area contributed by atoms with E-state index in [0.29, 0.717) is 18.7 Å². The molecule has 24 heavy (non-hydrogen) atoms. The molecule has 2 heterocycles. The van der Waals surface area contributed by atoms with Crippen molar-refractivity contribution in [2.75, 3.05) is 6.54 Å². The third-order valence-corrected chi connectivity index (χ3v) is 3.50. The summed E-state index contributed by atoms with van der Waals surface area (Å²) in [6, 6.07) is 16.2. The molecule has 0 radical (unpaired) electrons. The van der Waals surface area contributed by atoms with Crippen LogP contribution in [0.25, 0.3) is 11.3 Å².